The van der Waals surface area contributed by atoms with Crippen LogP contribution >= 0.6 is 0 Å². The second-order valence-corrected chi connectivity index (χ2v) is 7.33. The summed E-state index contributed by atoms with van der Waals surface area (Å²) < 4.78 is 19.4. The summed E-state index contributed by atoms with van der Waals surface area (Å²) in [6.07, 6.45) is 4.60. The number of hydrogen-bond donors (Lipinski definition) is 0. The number of rotatable bonds is 4. The predicted molar refractivity (Wildman–Crippen MR) is 100 cm³/mol. The van der Waals surface area contributed by atoms with Gasteiger partial charge in [0, 0.05) is 18.7 Å². The van der Waals surface area contributed by atoms with Crippen molar-refractivity contribution in [3.05, 3.63) is 59.9 Å². The topological polar surface area (TPSA) is 46.6 Å². The first-order valence-corrected chi connectivity index (χ1v) is 9.47. The molecule has 0 bridgehead atoms. The van der Waals surface area contributed by atoms with Gasteiger partial charge < -0.3 is 9.64 Å². The fourth-order valence-corrected chi connectivity index (χ4v) is 4.20. The van der Waals surface area contributed by atoms with Gasteiger partial charge in [-0.25, -0.2) is 4.39 Å². The predicted octanol–water partition coefficient (Wildman–Crippen LogP) is 4.37. The summed E-state index contributed by atoms with van der Waals surface area (Å²) in [6.45, 7) is 0.723. The SMILES string of the molecule is O=C1CCCN1c1ccc(OC(=O)C2(c3cccc(F)c3)CCCC2)cc1. The van der Waals surface area contributed by atoms with E-state index in [1.807, 2.05) is 0 Å². The molecule has 4 nitrogen and oxygen atoms in total. The van der Waals surface area contributed by atoms with Gasteiger partial charge in [0.1, 0.15) is 11.6 Å². The third-order valence-corrected chi connectivity index (χ3v) is 5.66. The number of anilines is 1. The molecule has 1 heterocycles. The van der Waals surface area contributed by atoms with Gasteiger partial charge in [-0.3, -0.25) is 9.59 Å². The Hall–Kier alpha value is -2.69. The molecule has 0 aromatic heterocycles. The molecule has 0 unspecified atom stereocenters. The van der Waals surface area contributed by atoms with E-state index >= 15 is 0 Å². The van der Waals surface area contributed by atoms with Gasteiger partial charge in [-0.2, -0.15) is 0 Å². The Bertz CT molecular complexity index is 856. The Morgan fingerprint density at radius 2 is 1.78 bits per heavy atom. The summed E-state index contributed by atoms with van der Waals surface area (Å²) in [5.41, 5.74) is 0.716. The van der Waals surface area contributed by atoms with E-state index in [9.17, 15) is 14.0 Å². The van der Waals surface area contributed by atoms with Crippen molar-refractivity contribution < 1.29 is 18.7 Å². The van der Waals surface area contributed by atoms with Crippen LogP contribution in [-0.4, -0.2) is 18.4 Å². The van der Waals surface area contributed by atoms with Gasteiger partial charge in [-0.05, 0) is 61.2 Å². The molecule has 0 radical (unpaired) electrons. The minimum absolute atomic E-state index is 0.121. The van der Waals surface area contributed by atoms with Crippen molar-refractivity contribution >= 4 is 17.6 Å². The van der Waals surface area contributed by atoms with Gasteiger partial charge in [0.05, 0.1) is 5.41 Å². The van der Waals surface area contributed by atoms with Crippen LogP contribution in [-0.2, 0) is 15.0 Å². The lowest BCUT2D eigenvalue weighted by atomic mass is 9.79. The summed E-state index contributed by atoms with van der Waals surface area (Å²) in [7, 11) is 0. The highest BCUT2D eigenvalue weighted by Crippen LogP contribution is 2.42. The first kappa shape index (κ1) is 17.7. The first-order valence-electron chi connectivity index (χ1n) is 9.47. The van der Waals surface area contributed by atoms with E-state index in [1.54, 1.807) is 41.3 Å². The standard InChI is InChI=1S/C22H22FNO3/c23-17-6-3-5-16(15-17)22(12-1-2-13-22)21(26)27-19-10-8-18(9-11-19)24-14-4-7-20(24)25/h3,5-6,8-11,15H,1-2,4,7,12-14H2. The molecule has 2 fully saturated rings. The second kappa shape index (κ2) is 7.14. The molecule has 2 aliphatic rings. The van der Waals surface area contributed by atoms with Crippen molar-refractivity contribution in [1.82, 2.24) is 0 Å². The number of carbonyl (C=O) groups is 2. The van der Waals surface area contributed by atoms with Gasteiger partial charge in [0.15, 0.2) is 0 Å². The van der Waals surface area contributed by atoms with Crippen LogP contribution in [0.3, 0.4) is 0 Å². The van der Waals surface area contributed by atoms with Crippen LogP contribution < -0.4 is 9.64 Å². The highest BCUT2D eigenvalue weighted by atomic mass is 19.1. The zero-order valence-electron chi connectivity index (χ0n) is 15.1. The van der Waals surface area contributed by atoms with Crippen LogP contribution in [0.15, 0.2) is 48.5 Å². The maximum atomic E-state index is 13.7. The lowest BCUT2D eigenvalue weighted by Crippen LogP contribution is -2.36. The van der Waals surface area contributed by atoms with Crippen LogP contribution in [0.5, 0.6) is 5.75 Å². The van der Waals surface area contributed by atoms with Crippen molar-refractivity contribution in [2.75, 3.05) is 11.4 Å². The molecular formula is C22H22FNO3. The number of amides is 1. The summed E-state index contributed by atoms with van der Waals surface area (Å²) in [5.74, 6) is -0.115. The Balaban J connectivity index is 1.54. The lowest BCUT2D eigenvalue weighted by Gasteiger charge is -2.27. The molecule has 1 aliphatic heterocycles. The number of halogens is 1. The van der Waals surface area contributed by atoms with Crippen LogP contribution in [0, 0.1) is 5.82 Å². The van der Waals surface area contributed by atoms with Gasteiger partial charge in [-0.1, -0.05) is 25.0 Å². The van der Waals surface area contributed by atoms with Crippen molar-refractivity contribution in [1.29, 1.82) is 0 Å². The zero-order valence-corrected chi connectivity index (χ0v) is 15.1. The van der Waals surface area contributed by atoms with Crippen LogP contribution in [0.1, 0.15) is 44.1 Å². The van der Waals surface area contributed by atoms with Gasteiger partial charge in [0.2, 0.25) is 5.91 Å². The summed E-state index contributed by atoms with van der Waals surface area (Å²) >= 11 is 0. The molecule has 4 rings (SSSR count). The number of benzene rings is 2. The zero-order chi connectivity index (χ0) is 18.9. The van der Waals surface area contributed by atoms with E-state index in [1.165, 1.54) is 12.1 Å². The first-order chi connectivity index (χ1) is 13.1. The second-order valence-electron chi connectivity index (χ2n) is 7.33. The Morgan fingerprint density at radius 1 is 1.04 bits per heavy atom. The van der Waals surface area contributed by atoms with E-state index in [2.05, 4.69) is 0 Å². The third kappa shape index (κ3) is 3.34. The van der Waals surface area contributed by atoms with Crippen molar-refractivity contribution in [2.24, 2.45) is 0 Å². The summed E-state index contributed by atoms with van der Waals surface area (Å²) in [6, 6.07) is 13.3. The Morgan fingerprint density at radius 3 is 2.41 bits per heavy atom. The fraction of sp³-hybridized carbons (Fsp3) is 0.364. The highest BCUT2D eigenvalue weighted by molar-refractivity contribution is 5.95. The lowest BCUT2D eigenvalue weighted by molar-refractivity contribution is -0.140. The molecule has 2 aromatic carbocycles. The molecule has 0 atom stereocenters. The number of ether oxygens (including phenoxy) is 1. The van der Waals surface area contributed by atoms with E-state index < -0.39 is 5.41 Å². The number of esters is 1. The molecule has 1 saturated carbocycles. The molecule has 1 aliphatic carbocycles. The monoisotopic (exact) mass is 367 g/mol. The van der Waals surface area contributed by atoms with E-state index in [0.717, 1.165) is 31.5 Å². The normalized spacial score (nSPS) is 18.7. The van der Waals surface area contributed by atoms with Crippen molar-refractivity contribution in [2.45, 2.75) is 43.9 Å². The van der Waals surface area contributed by atoms with E-state index in [0.29, 0.717) is 30.6 Å². The quantitative estimate of drug-likeness (QED) is 0.595. The van der Waals surface area contributed by atoms with Crippen LogP contribution in [0.4, 0.5) is 10.1 Å². The average Bonchev–Trinajstić information content (AvgIpc) is 3.32. The Kier molecular flexibility index (Phi) is 4.68. The number of carbonyl (C=O) groups excluding carboxylic acids is 2. The largest absolute Gasteiger partial charge is 0.426 e. The van der Waals surface area contributed by atoms with Crippen LogP contribution in [0.2, 0.25) is 0 Å². The van der Waals surface area contributed by atoms with Crippen LogP contribution in [0.25, 0.3) is 0 Å². The van der Waals surface area contributed by atoms with Gasteiger partial charge in [-0.15, -0.1) is 0 Å². The smallest absolute Gasteiger partial charge is 0.321 e. The Labute approximate surface area is 157 Å². The minimum atomic E-state index is -0.786. The number of nitrogens with zero attached hydrogens (tertiary/aromatic N) is 1. The molecule has 140 valence electrons. The molecule has 27 heavy (non-hydrogen) atoms. The molecule has 0 N–H and O–H groups in total. The maximum absolute atomic E-state index is 13.7. The highest BCUT2D eigenvalue weighted by Gasteiger charge is 2.44. The third-order valence-electron chi connectivity index (χ3n) is 5.66. The molecule has 1 amide bonds. The molecule has 2 aromatic rings. The van der Waals surface area contributed by atoms with E-state index in [-0.39, 0.29) is 17.7 Å². The fourth-order valence-electron chi connectivity index (χ4n) is 4.20. The van der Waals surface area contributed by atoms with Crippen molar-refractivity contribution in [3.63, 3.8) is 0 Å². The van der Waals surface area contributed by atoms with Gasteiger partial charge >= 0.3 is 5.97 Å². The number of hydrogen-bond acceptors (Lipinski definition) is 3. The van der Waals surface area contributed by atoms with Gasteiger partial charge in [0.25, 0.3) is 0 Å². The molecule has 0 spiro atoms. The summed E-state index contributed by atoms with van der Waals surface area (Å²) in [5, 5.41) is 0. The van der Waals surface area contributed by atoms with E-state index in [4.69, 9.17) is 4.74 Å². The van der Waals surface area contributed by atoms with Crippen molar-refractivity contribution in [3.8, 4) is 5.75 Å². The minimum Gasteiger partial charge on any atom is -0.426 e. The summed E-state index contributed by atoms with van der Waals surface area (Å²) in [4.78, 5) is 26.6. The molecule has 1 saturated heterocycles. The molecular weight excluding hydrogens is 345 g/mol. The average molecular weight is 367 g/mol. The maximum Gasteiger partial charge on any atom is 0.321 e. The molecule has 5 heteroatoms.